The number of benzene rings is 7. The fourth-order valence-electron chi connectivity index (χ4n) is 8.01. The van der Waals surface area contributed by atoms with Crippen molar-refractivity contribution in [2.45, 2.75) is 0 Å². The van der Waals surface area contributed by atoms with Crippen LogP contribution in [-0.4, -0.2) is 18.5 Å². The van der Waals surface area contributed by atoms with Crippen LogP contribution in [0.5, 0.6) is 0 Å². The Morgan fingerprint density at radius 3 is 1.30 bits per heavy atom. The third kappa shape index (κ3) is 3.28. The maximum atomic E-state index is 5.28. The molecule has 0 spiro atoms. The molecule has 0 aliphatic rings. The SMILES string of the molecule is c1ccc2c(c1)nc1c3cc(-n4c5ccccc5c5ccccc54)ccc3c3ccc(-n4c5ccccc5c5ccccc54)cc3n21. The van der Waals surface area contributed by atoms with Crippen molar-refractivity contribution < 1.29 is 0 Å². The Labute approximate surface area is 268 Å². The number of rotatable bonds is 2. The van der Waals surface area contributed by atoms with Gasteiger partial charge in [0.25, 0.3) is 0 Å². The van der Waals surface area contributed by atoms with Crippen molar-refractivity contribution in [1.29, 1.82) is 0 Å². The number of para-hydroxylation sites is 6. The quantitative estimate of drug-likeness (QED) is 0.182. The van der Waals surface area contributed by atoms with Crippen LogP contribution in [0.4, 0.5) is 0 Å². The number of nitrogens with zero attached hydrogens (tertiary/aromatic N) is 4. The molecular weight excluding hydrogens is 573 g/mol. The van der Waals surface area contributed by atoms with E-state index in [9.17, 15) is 0 Å². The molecule has 0 unspecified atom stereocenters. The molecule has 0 amide bonds. The summed E-state index contributed by atoms with van der Waals surface area (Å²) in [6.07, 6.45) is 0. The minimum atomic E-state index is 0.968. The van der Waals surface area contributed by atoms with E-state index >= 15 is 0 Å². The molecule has 11 aromatic rings. The Balaban J connectivity index is 1.26. The van der Waals surface area contributed by atoms with E-state index in [0.717, 1.165) is 39.0 Å². The second-order valence-electron chi connectivity index (χ2n) is 12.4. The van der Waals surface area contributed by atoms with Crippen LogP contribution >= 0.6 is 0 Å². The van der Waals surface area contributed by atoms with Crippen molar-refractivity contribution in [2.24, 2.45) is 0 Å². The highest BCUT2D eigenvalue weighted by atomic mass is 15.0. The van der Waals surface area contributed by atoms with Crippen LogP contribution in [0.25, 0.3) is 93.3 Å². The van der Waals surface area contributed by atoms with E-state index in [1.807, 2.05) is 0 Å². The summed E-state index contributed by atoms with van der Waals surface area (Å²) >= 11 is 0. The second kappa shape index (κ2) is 9.09. The second-order valence-corrected chi connectivity index (χ2v) is 12.4. The molecule has 0 aliphatic heterocycles. The van der Waals surface area contributed by atoms with Crippen LogP contribution in [0.3, 0.4) is 0 Å². The zero-order valence-electron chi connectivity index (χ0n) is 25.3. The molecule has 11 rings (SSSR count). The molecule has 0 fully saturated rings. The largest absolute Gasteiger partial charge is 0.309 e. The summed E-state index contributed by atoms with van der Waals surface area (Å²) < 4.78 is 7.14. The molecule has 7 aromatic carbocycles. The number of fused-ring (bicyclic) bond motifs is 14. The summed E-state index contributed by atoms with van der Waals surface area (Å²) in [6, 6.07) is 57.0. The lowest BCUT2D eigenvalue weighted by Gasteiger charge is -2.15. The van der Waals surface area contributed by atoms with Gasteiger partial charge in [0.15, 0.2) is 0 Å². The number of aromatic nitrogens is 4. The van der Waals surface area contributed by atoms with Gasteiger partial charge in [-0.25, -0.2) is 4.98 Å². The molecule has 0 saturated carbocycles. The number of hydrogen-bond acceptors (Lipinski definition) is 1. The highest BCUT2D eigenvalue weighted by Gasteiger charge is 2.18. The van der Waals surface area contributed by atoms with Gasteiger partial charge in [-0.2, -0.15) is 0 Å². The van der Waals surface area contributed by atoms with Gasteiger partial charge in [0.1, 0.15) is 5.65 Å². The first-order chi connectivity index (χ1) is 23.3. The Morgan fingerprint density at radius 1 is 0.319 bits per heavy atom. The van der Waals surface area contributed by atoms with Crippen molar-refractivity contribution in [3.8, 4) is 11.4 Å². The molecule has 0 aliphatic carbocycles. The van der Waals surface area contributed by atoms with E-state index in [4.69, 9.17) is 4.98 Å². The van der Waals surface area contributed by atoms with Crippen molar-refractivity contribution in [3.05, 3.63) is 158 Å². The van der Waals surface area contributed by atoms with Crippen molar-refractivity contribution in [1.82, 2.24) is 18.5 Å². The molecule has 218 valence electrons. The van der Waals surface area contributed by atoms with Crippen molar-refractivity contribution in [2.75, 3.05) is 0 Å². The summed E-state index contributed by atoms with van der Waals surface area (Å²) in [4.78, 5) is 5.28. The normalized spacial score (nSPS) is 12.3. The Kier molecular flexibility index (Phi) is 4.81. The van der Waals surface area contributed by atoms with E-state index in [2.05, 4.69) is 171 Å². The summed E-state index contributed by atoms with van der Waals surface area (Å²) in [7, 11) is 0. The van der Waals surface area contributed by atoms with E-state index < -0.39 is 0 Å². The molecular formula is C43H26N4. The average molecular weight is 599 g/mol. The highest BCUT2D eigenvalue weighted by molar-refractivity contribution is 6.16. The van der Waals surface area contributed by atoms with Crippen LogP contribution in [0.15, 0.2) is 158 Å². The maximum Gasteiger partial charge on any atom is 0.146 e. The van der Waals surface area contributed by atoms with Crippen LogP contribution < -0.4 is 0 Å². The third-order valence-corrected chi connectivity index (χ3v) is 9.99. The lowest BCUT2D eigenvalue weighted by molar-refractivity contribution is 1.18. The molecule has 0 N–H and O–H groups in total. The van der Waals surface area contributed by atoms with E-state index in [-0.39, 0.29) is 0 Å². The molecule has 4 aromatic heterocycles. The summed E-state index contributed by atoms with van der Waals surface area (Å²) in [5.41, 5.74) is 11.3. The first kappa shape index (κ1) is 24.9. The third-order valence-electron chi connectivity index (χ3n) is 9.99. The van der Waals surface area contributed by atoms with E-state index in [0.29, 0.717) is 0 Å². The van der Waals surface area contributed by atoms with Gasteiger partial charge in [-0.1, -0.05) is 97.1 Å². The number of imidazole rings is 1. The fourth-order valence-corrected chi connectivity index (χ4v) is 8.01. The predicted octanol–water partition coefficient (Wildman–Crippen LogP) is 11.0. The number of pyridine rings is 1. The van der Waals surface area contributed by atoms with E-state index in [1.165, 1.54) is 54.4 Å². The number of hydrogen-bond donors (Lipinski definition) is 0. The Hall–Kier alpha value is -6.39. The standard InChI is InChI=1S/C43H26N4/c1-6-16-37-30(11-1)31-12-2-7-17-38(31)45(37)27-21-23-29-34-24-22-28(46-39-18-8-3-13-32(39)33-14-4-9-19-40(33)46)26-42(34)47-41-20-10-5-15-36(41)44-43(47)35(29)25-27/h1-26H. The smallest absolute Gasteiger partial charge is 0.146 e. The molecule has 0 atom stereocenters. The van der Waals surface area contributed by atoms with Gasteiger partial charge in [0.05, 0.1) is 38.6 Å². The zero-order valence-corrected chi connectivity index (χ0v) is 25.3. The van der Waals surface area contributed by atoms with Gasteiger partial charge in [-0.05, 0) is 66.0 Å². The Bertz CT molecular complexity index is 2970. The summed E-state index contributed by atoms with van der Waals surface area (Å²) in [5, 5.41) is 8.58. The lowest BCUT2D eigenvalue weighted by atomic mass is 10.0. The van der Waals surface area contributed by atoms with E-state index in [1.54, 1.807) is 0 Å². The van der Waals surface area contributed by atoms with Crippen molar-refractivity contribution >= 4 is 82.0 Å². The van der Waals surface area contributed by atoms with Crippen LogP contribution in [0.2, 0.25) is 0 Å². The van der Waals surface area contributed by atoms with Crippen LogP contribution in [-0.2, 0) is 0 Å². The molecule has 0 bridgehead atoms. The van der Waals surface area contributed by atoms with Gasteiger partial charge in [-0.15, -0.1) is 0 Å². The highest BCUT2D eigenvalue weighted by Crippen LogP contribution is 2.38. The van der Waals surface area contributed by atoms with Crippen LogP contribution in [0, 0.1) is 0 Å². The maximum absolute atomic E-state index is 5.28. The Morgan fingerprint density at radius 2 is 0.745 bits per heavy atom. The summed E-state index contributed by atoms with van der Waals surface area (Å²) in [5.74, 6) is 0. The van der Waals surface area contributed by atoms with Gasteiger partial charge in [0, 0.05) is 43.7 Å². The molecule has 4 heterocycles. The first-order valence-electron chi connectivity index (χ1n) is 16.1. The molecule has 0 radical (unpaired) electrons. The van der Waals surface area contributed by atoms with Crippen molar-refractivity contribution in [3.63, 3.8) is 0 Å². The monoisotopic (exact) mass is 598 g/mol. The molecule has 4 heteroatoms. The van der Waals surface area contributed by atoms with Gasteiger partial charge >= 0.3 is 0 Å². The fraction of sp³-hybridized carbons (Fsp3) is 0. The lowest BCUT2D eigenvalue weighted by Crippen LogP contribution is -1.98. The topological polar surface area (TPSA) is 27.2 Å². The van der Waals surface area contributed by atoms with Gasteiger partial charge < -0.3 is 9.13 Å². The minimum absolute atomic E-state index is 0.968. The minimum Gasteiger partial charge on any atom is -0.309 e. The summed E-state index contributed by atoms with van der Waals surface area (Å²) in [6.45, 7) is 0. The average Bonchev–Trinajstić information content (AvgIpc) is 3.80. The van der Waals surface area contributed by atoms with Crippen LogP contribution in [0.1, 0.15) is 0 Å². The predicted molar refractivity (Wildman–Crippen MR) is 196 cm³/mol. The molecule has 4 nitrogen and oxygen atoms in total. The first-order valence-corrected chi connectivity index (χ1v) is 16.1. The van der Waals surface area contributed by atoms with Gasteiger partial charge in [0.2, 0.25) is 0 Å². The zero-order chi connectivity index (χ0) is 30.6. The molecule has 47 heavy (non-hydrogen) atoms. The van der Waals surface area contributed by atoms with Gasteiger partial charge in [-0.3, -0.25) is 4.40 Å². The molecule has 0 saturated heterocycles.